The molecule has 4 N–H and O–H groups in total. The molecule has 110 valence electrons. The molecule has 6 heteroatoms. The molecule has 1 aliphatic heterocycles. The summed E-state index contributed by atoms with van der Waals surface area (Å²) in [6.45, 7) is 3.14. The third kappa shape index (κ3) is 3.12. The molecule has 1 aromatic carbocycles. The van der Waals surface area contributed by atoms with Gasteiger partial charge in [0.2, 0.25) is 0 Å². The number of nitrogens with zero attached hydrogens (tertiary/aromatic N) is 1. The first-order chi connectivity index (χ1) is 9.32. The number of nitrogens with two attached hydrogens (primary N) is 1. The Morgan fingerprint density at radius 1 is 1.45 bits per heavy atom. The molecule has 1 unspecified atom stereocenters. The lowest BCUT2D eigenvalue weighted by Crippen LogP contribution is -2.29. The van der Waals surface area contributed by atoms with Crippen molar-refractivity contribution in [3.8, 4) is 0 Å². The Morgan fingerprint density at radius 2 is 2.15 bits per heavy atom. The third-order valence-corrected chi connectivity index (χ3v) is 4.53. The van der Waals surface area contributed by atoms with Gasteiger partial charge in [-0.1, -0.05) is 0 Å². The Bertz CT molecular complexity index is 533. The summed E-state index contributed by atoms with van der Waals surface area (Å²) < 4.78 is 14.6. The molecular weight excluding hydrogens is 325 g/mol. The van der Waals surface area contributed by atoms with Crippen LogP contribution in [0.2, 0.25) is 0 Å². The van der Waals surface area contributed by atoms with Crippen molar-refractivity contribution in [2.24, 2.45) is 5.73 Å². The number of rotatable bonds is 2. The van der Waals surface area contributed by atoms with Crippen molar-refractivity contribution in [2.45, 2.75) is 31.8 Å². The zero-order valence-corrected chi connectivity index (χ0v) is 13.0. The fourth-order valence-corrected chi connectivity index (χ4v) is 3.04. The van der Waals surface area contributed by atoms with Gasteiger partial charge in [0, 0.05) is 18.7 Å². The first-order valence-corrected chi connectivity index (χ1v) is 7.41. The van der Waals surface area contributed by atoms with Crippen LogP contribution in [0.15, 0.2) is 16.6 Å². The van der Waals surface area contributed by atoms with Gasteiger partial charge in [-0.25, -0.2) is 4.39 Å². The van der Waals surface area contributed by atoms with Crippen molar-refractivity contribution in [3.63, 3.8) is 0 Å². The maximum Gasteiger partial charge on any atom is 0.161 e. The molecule has 20 heavy (non-hydrogen) atoms. The predicted molar refractivity (Wildman–Crippen MR) is 81.8 cm³/mol. The van der Waals surface area contributed by atoms with Crippen molar-refractivity contribution in [2.75, 3.05) is 18.0 Å². The van der Waals surface area contributed by atoms with E-state index in [1.54, 1.807) is 12.1 Å². The Balaban J connectivity index is 2.29. The third-order valence-electron chi connectivity index (χ3n) is 3.76. The van der Waals surface area contributed by atoms with Crippen LogP contribution in [0.25, 0.3) is 0 Å². The highest BCUT2D eigenvalue weighted by atomic mass is 79.9. The molecule has 0 spiro atoms. The fourth-order valence-electron chi connectivity index (χ4n) is 2.50. The second kappa shape index (κ2) is 5.69. The minimum Gasteiger partial charge on any atom is -0.390 e. The second-order valence-electron chi connectivity index (χ2n) is 5.51. The first-order valence-electron chi connectivity index (χ1n) is 6.61. The molecule has 1 aromatic rings. The number of anilines is 1. The number of hydrogen-bond acceptors (Lipinski definition) is 3. The van der Waals surface area contributed by atoms with E-state index in [4.69, 9.17) is 11.1 Å². The number of benzene rings is 1. The predicted octanol–water partition coefficient (Wildman–Crippen LogP) is 2.61. The summed E-state index contributed by atoms with van der Waals surface area (Å²) in [5, 5.41) is 17.5. The Kier molecular flexibility index (Phi) is 4.34. The number of hydrogen-bond donors (Lipinski definition) is 3. The van der Waals surface area contributed by atoms with Crippen LogP contribution in [0, 0.1) is 11.2 Å². The summed E-state index contributed by atoms with van der Waals surface area (Å²) in [6.07, 6.45) is 2.15. The van der Waals surface area contributed by atoms with E-state index >= 15 is 0 Å². The Hall–Kier alpha value is -1.14. The molecule has 4 nitrogen and oxygen atoms in total. The molecule has 0 amide bonds. The number of halogens is 2. The van der Waals surface area contributed by atoms with E-state index in [1.165, 1.54) is 0 Å². The molecule has 0 bridgehead atoms. The van der Waals surface area contributed by atoms with Crippen LogP contribution < -0.4 is 10.6 Å². The Morgan fingerprint density at radius 3 is 2.80 bits per heavy atom. The average molecular weight is 344 g/mol. The number of nitrogen functional groups attached to an aromatic ring is 1. The van der Waals surface area contributed by atoms with E-state index in [1.807, 2.05) is 11.8 Å². The van der Waals surface area contributed by atoms with Crippen LogP contribution in [0.3, 0.4) is 0 Å². The van der Waals surface area contributed by atoms with Gasteiger partial charge in [0.1, 0.15) is 5.84 Å². The number of nitrogens with one attached hydrogen (secondary N) is 1. The van der Waals surface area contributed by atoms with Gasteiger partial charge in [0.25, 0.3) is 0 Å². The number of aliphatic hydroxyl groups is 1. The van der Waals surface area contributed by atoms with Crippen LogP contribution in [0.4, 0.5) is 10.1 Å². The maximum absolute atomic E-state index is 14.4. The van der Waals surface area contributed by atoms with Crippen molar-refractivity contribution in [1.29, 1.82) is 5.41 Å². The minimum atomic E-state index is -0.679. The van der Waals surface area contributed by atoms with Crippen molar-refractivity contribution in [3.05, 3.63) is 28.0 Å². The lowest BCUT2D eigenvalue weighted by Gasteiger charge is -2.25. The highest BCUT2D eigenvalue weighted by molar-refractivity contribution is 9.10. The smallest absolute Gasteiger partial charge is 0.161 e. The van der Waals surface area contributed by atoms with Gasteiger partial charge in [-0.05, 0) is 54.2 Å². The largest absolute Gasteiger partial charge is 0.390 e. The van der Waals surface area contributed by atoms with E-state index < -0.39 is 11.4 Å². The molecule has 1 saturated heterocycles. The summed E-state index contributed by atoms with van der Waals surface area (Å²) in [7, 11) is 0. The van der Waals surface area contributed by atoms with Gasteiger partial charge in [0.15, 0.2) is 5.82 Å². The normalized spacial score (nSPS) is 23.5. The topological polar surface area (TPSA) is 73.3 Å². The number of amidine groups is 1. The first kappa shape index (κ1) is 15.3. The summed E-state index contributed by atoms with van der Waals surface area (Å²) in [6, 6.07) is 3.30. The molecule has 0 saturated carbocycles. The lowest BCUT2D eigenvalue weighted by atomic mass is 9.98. The minimum absolute atomic E-state index is 0.166. The van der Waals surface area contributed by atoms with Gasteiger partial charge in [-0.15, -0.1) is 0 Å². The van der Waals surface area contributed by atoms with Gasteiger partial charge in [0.05, 0.1) is 15.8 Å². The van der Waals surface area contributed by atoms with Crippen LogP contribution in [0.5, 0.6) is 0 Å². The molecule has 1 aliphatic rings. The molecule has 1 atom stereocenters. The van der Waals surface area contributed by atoms with E-state index in [9.17, 15) is 9.50 Å². The monoisotopic (exact) mass is 343 g/mol. The molecule has 0 aliphatic carbocycles. The molecule has 1 fully saturated rings. The molecule has 0 radical (unpaired) electrons. The molecule has 1 heterocycles. The SMILES string of the molecule is CC1(O)CCCN(c2ccc(C(=N)N)c(Br)c2F)CC1. The van der Waals surface area contributed by atoms with Gasteiger partial charge < -0.3 is 15.7 Å². The summed E-state index contributed by atoms with van der Waals surface area (Å²) in [5.41, 5.74) is 5.57. The highest BCUT2D eigenvalue weighted by Gasteiger charge is 2.26. The standard InChI is InChI=1S/C14H19BrFN3O/c1-14(20)5-2-7-19(8-6-14)10-4-3-9(13(17)18)11(15)12(10)16/h3-4,20H,2,5-8H2,1H3,(H3,17,18). The highest BCUT2D eigenvalue weighted by Crippen LogP contribution is 2.32. The summed E-state index contributed by atoms with van der Waals surface area (Å²) in [4.78, 5) is 1.94. The lowest BCUT2D eigenvalue weighted by molar-refractivity contribution is 0.0481. The van der Waals surface area contributed by atoms with Gasteiger partial charge >= 0.3 is 0 Å². The zero-order chi connectivity index (χ0) is 14.9. The van der Waals surface area contributed by atoms with E-state index in [-0.39, 0.29) is 10.3 Å². The summed E-state index contributed by atoms with van der Waals surface area (Å²) >= 11 is 3.17. The zero-order valence-electron chi connectivity index (χ0n) is 11.4. The van der Waals surface area contributed by atoms with Crippen LogP contribution >= 0.6 is 15.9 Å². The summed E-state index contributed by atoms with van der Waals surface area (Å²) in [5.74, 6) is -0.569. The van der Waals surface area contributed by atoms with Crippen molar-refractivity contribution >= 4 is 27.5 Å². The molecule has 0 aromatic heterocycles. The van der Waals surface area contributed by atoms with E-state index in [0.29, 0.717) is 30.8 Å². The van der Waals surface area contributed by atoms with E-state index in [2.05, 4.69) is 15.9 Å². The quantitative estimate of drug-likeness (QED) is 0.570. The van der Waals surface area contributed by atoms with Gasteiger partial charge in [-0.2, -0.15) is 0 Å². The molecule has 2 rings (SSSR count). The second-order valence-corrected chi connectivity index (χ2v) is 6.30. The average Bonchev–Trinajstić information content (AvgIpc) is 2.53. The van der Waals surface area contributed by atoms with Gasteiger partial charge in [-0.3, -0.25) is 5.41 Å². The van der Waals surface area contributed by atoms with E-state index in [0.717, 1.165) is 12.8 Å². The maximum atomic E-state index is 14.4. The van der Waals surface area contributed by atoms with Crippen molar-refractivity contribution in [1.82, 2.24) is 0 Å². The fraction of sp³-hybridized carbons (Fsp3) is 0.500. The van der Waals surface area contributed by atoms with Crippen LogP contribution in [0.1, 0.15) is 31.7 Å². The van der Waals surface area contributed by atoms with Crippen LogP contribution in [-0.4, -0.2) is 29.6 Å². The molecular formula is C14H19BrFN3O. The Labute approximate surface area is 126 Å². The van der Waals surface area contributed by atoms with Crippen LogP contribution in [-0.2, 0) is 0 Å². The van der Waals surface area contributed by atoms with Crippen molar-refractivity contribution < 1.29 is 9.50 Å².